The van der Waals surface area contributed by atoms with Crippen molar-refractivity contribution in [1.29, 1.82) is 0 Å². The van der Waals surface area contributed by atoms with Gasteiger partial charge in [0.05, 0.1) is 24.3 Å². The SMILES string of the molecule is CC(C)NC(=O)C(C)n1cncc1C(N)c1ccccc1. The number of nitrogens with two attached hydrogens (primary N) is 1. The van der Waals surface area contributed by atoms with Gasteiger partial charge in [0.15, 0.2) is 0 Å². The molecule has 0 fully saturated rings. The molecule has 0 aliphatic rings. The van der Waals surface area contributed by atoms with Crippen LogP contribution >= 0.6 is 0 Å². The lowest BCUT2D eigenvalue weighted by Gasteiger charge is -2.21. The highest BCUT2D eigenvalue weighted by atomic mass is 16.2. The number of carbonyl (C=O) groups is 1. The molecule has 1 amide bonds. The Morgan fingerprint density at radius 3 is 2.52 bits per heavy atom. The molecule has 0 saturated carbocycles. The summed E-state index contributed by atoms with van der Waals surface area (Å²) in [5, 5.41) is 2.91. The van der Waals surface area contributed by atoms with Crippen molar-refractivity contribution in [3.8, 4) is 0 Å². The van der Waals surface area contributed by atoms with Crippen LogP contribution in [-0.2, 0) is 4.79 Å². The molecule has 2 aromatic rings. The zero-order chi connectivity index (χ0) is 15.4. The van der Waals surface area contributed by atoms with Gasteiger partial charge in [-0.1, -0.05) is 30.3 Å². The minimum absolute atomic E-state index is 0.0375. The first-order valence-corrected chi connectivity index (χ1v) is 7.13. The highest BCUT2D eigenvalue weighted by Crippen LogP contribution is 2.22. The summed E-state index contributed by atoms with van der Waals surface area (Å²) in [5.74, 6) is -0.0375. The molecule has 112 valence electrons. The second-order valence-electron chi connectivity index (χ2n) is 5.45. The molecule has 0 bridgehead atoms. The quantitative estimate of drug-likeness (QED) is 0.883. The fourth-order valence-electron chi connectivity index (χ4n) is 2.24. The molecule has 0 aliphatic heterocycles. The number of hydrogen-bond acceptors (Lipinski definition) is 3. The Kier molecular flexibility index (Phi) is 4.75. The summed E-state index contributed by atoms with van der Waals surface area (Å²) in [6, 6.07) is 9.25. The van der Waals surface area contributed by atoms with Gasteiger partial charge in [-0.3, -0.25) is 4.79 Å². The Morgan fingerprint density at radius 2 is 1.90 bits per heavy atom. The summed E-state index contributed by atoms with van der Waals surface area (Å²) in [5.41, 5.74) is 8.13. The van der Waals surface area contributed by atoms with Crippen LogP contribution in [0.1, 0.15) is 44.1 Å². The molecule has 2 unspecified atom stereocenters. The predicted octanol–water partition coefficient (Wildman–Crippen LogP) is 2.02. The van der Waals surface area contributed by atoms with Gasteiger partial charge < -0.3 is 15.6 Å². The summed E-state index contributed by atoms with van der Waals surface area (Å²) >= 11 is 0. The number of nitrogens with one attached hydrogen (secondary N) is 1. The molecule has 2 atom stereocenters. The zero-order valence-corrected chi connectivity index (χ0v) is 12.7. The van der Waals surface area contributed by atoms with Gasteiger partial charge in [-0.25, -0.2) is 4.98 Å². The van der Waals surface area contributed by atoms with Crippen molar-refractivity contribution in [1.82, 2.24) is 14.9 Å². The van der Waals surface area contributed by atoms with Gasteiger partial charge in [-0.2, -0.15) is 0 Å². The molecule has 0 spiro atoms. The third-order valence-corrected chi connectivity index (χ3v) is 3.40. The molecule has 1 aromatic heterocycles. The number of imidazole rings is 1. The van der Waals surface area contributed by atoms with Crippen LogP contribution in [0.2, 0.25) is 0 Å². The Morgan fingerprint density at radius 1 is 1.24 bits per heavy atom. The maximum atomic E-state index is 12.2. The van der Waals surface area contributed by atoms with E-state index in [1.807, 2.05) is 55.7 Å². The van der Waals surface area contributed by atoms with Crippen molar-refractivity contribution in [3.05, 3.63) is 54.1 Å². The molecule has 0 radical (unpaired) electrons. The largest absolute Gasteiger partial charge is 0.352 e. The lowest BCUT2D eigenvalue weighted by atomic mass is 10.0. The fraction of sp³-hybridized carbons (Fsp3) is 0.375. The Labute approximate surface area is 125 Å². The second kappa shape index (κ2) is 6.54. The third kappa shape index (κ3) is 3.49. The van der Waals surface area contributed by atoms with Crippen LogP contribution in [0.4, 0.5) is 0 Å². The van der Waals surface area contributed by atoms with Crippen LogP contribution in [0.15, 0.2) is 42.9 Å². The Bertz CT molecular complexity index is 591. The van der Waals surface area contributed by atoms with Gasteiger partial charge >= 0.3 is 0 Å². The molecular formula is C16H22N4O. The monoisotopic (exact) mass is 286 g/mol. The number of carbonyl (C=O) groups excluding carboxylic acids is 1. The molecule has 1 aromatic carbocycles. The first kappa shape index (κ1) is 15.3. The van der Waals surface area contributed by atoms with Gasteiger partial charge in [-0.15, -0.1) is 0 Å². The molecule has 1 heterocycles. The van der Waals surface area contributed by atoms with Crippen LogP contribution in [0, 0.1) is 0 Å². The summed E-state index contributed by atoms with van der Waals surface area (Å²) < 4.78 is 1.83. The van der Waals surface area contributed by atoms with E-state index in [2.05, 4.69) is 10.3 Å². The Hall–Kier alpha value is -2.14. The number of aromatic nitrogens is 2. The average Bonchev–Trinajstić information content (AvgIpc) is 2.95. The molecule has 0 saturated heterocycles. The lowest BCUT2D eigenvalue weighted by molar-refractivity contribution is -0.124. The van der Waals surface area contributed by atoms with E-state index in [9.17, 15) is 4.79 Å². The van der Waals surface area contributed by atoms with Crippen molar-refractivity contribution in [2.75, 3.05) is 0 Å². The molecule has 3 N–H and O–H groups in total. The maximum Gasteiger partial charge on any atom is 0.243 e. The summed E-state index contributed by atoms with van der Waals surface area (Å²) in [6.07, 6.45) is 3.37. The number of rotatable bonds is 5. The number of benzene rings is 1. The fourth-order valence-corrected chi connectivity index (χ4v) is 2.24. The predicted molar refractivity (Wildman–Crippen MR) is 82.7 cm³/mol. The third-order valence-electron chi connectivity index (χ3n) is 3.40. The molecule has 21 heavy (non-hydrogen) atoms. The molecule has 2 rings (SSSR count). The molecule has 5 nitrogen and oxygen atoms in total. The minimum atomic E-state index is -0.348. The van der Waals surface area contributed by atoms with E-state index < -0.39 is 0 Å². The van der Waals surface area contributed by atoms with Crippen molar-refractivity contribution >= 4 is 5.91 Å². The van der Waals surface area contributed by atoms with Crippen molar-refractivity contribution in [2.24, 2.45) is 5.73 Å². The highest BCUT2D eigenvalue weighted by Gasteiger charge is 2.21. The number of hydrogen-bond donors (Lipinski definition) is 2. The van der Waals surface area contributed by atoms with E-state index in [1.54, 1.807) is 12.5 Å². The standard InChI is InChI=1S/C16H22N4O/c1-11(2)19-16(21)12(3)20-10-18-9-14(20)15(17)13-7-5-4-6-8-13/h4-12,15H,17H2,1-3H3,(H,19,21). The van der Waals surface area contributed by atoms with Gasteiger partial charge in [0.1, 0.15) is 6.04 Å². The van der Waals surface area contributed by atoms with Crippen molar-refractivity contribution < 1.29 is 4.79 Å². The lowest BCUT2D eigenvalue weighted by Crippen LogP contribution is -2.36. The smallest absolute Gasteiger partial charge is 0.243 e. The summed E-state index contributed by atoms with van der Waals surface area (Å²) in [7, 11) is 0. The van der Waals surface area contributed by atoms with Crippen LogP contribution in [0.25, 0.3) is 0 Å². The normalized spacial score (nSPS) is 14.0. The number of nitrogens with zero attached hydrogens (tertiary/aromatic N) is 2. The summed E-state index contributed by atoms with van der Waals surface area (Å²) in [6.45, 7) is 5.73. The van der Waals surface area contributed by atoms with Crippen LogP contribution in [0.3, 0.4) is 0 Å². The van der Waals surface area contributed by atoms with Crippen LogP contribution in [-0.4, -0.2) is 21.5 Å². The first-order valence-electron chi connectivity index (χ1n) is 7.13. The average molecular weight is 286 g/mol. The van der Waals surface area contributed by atoms with E-state index >= 15 is 0 Å². The maximum absolute atomic E-state index is 12.2. The topological polar surface area (TPSA) is 72.9 Å². The van der Waals surface area contributed by atoms with Crippen molar-refractivity contribution in [3.63, 3.8) is 0 Å². The minimum Gasteiger partial charge on any atom is -0.352 e. The van der Waals surface area contributed by atoms with Gasteiger partial charge in [0, 0.05) is 6.04 Å². The van der Waals surface area contributed by atoms with E-state index in [-0.39, 0.29) is 24.0 Å². The van der Waals surface area contributed by atoms with Crippen molar-refractivity contribution in [2.45, 2.75) is 38.9 Å². The molecule has 0 aliphatic carbocycles. The van der Waals surface area contributed by atoms with Gasteiger partial charge in [-0.05, 0) is 26.3 Å². The van der Waals surface area contributed by atoms with Gasteiger partial charge in [0.2, 0.25) is 5.91 Å². The zero-order valence-electron chi connectivity index (χ0n) is 12.7. The first-order chi connectivity index (χ1) is 10.0. The van der Waals surface area contributed by atoms with E-state index in [1.165, 1.54) is 0 Å². The number of amides is 1. The van der Waals surface area contributed by atoms with Gasteiger partial charge in [0.25, 0.3) is 0 Å². The van der Waals surface area contributed by atoms with E-state index in [0.29, 0.717) is 0 Å². The van der Waals surface area contributed by atoms with E-state index in [4.69, 9.17) is 5.73 Å². The van der Waals surface area contributed by atoms with Crippen LogP contribution in [0.5, 0.6) is 0 Å². The molecule has 5 heteroatoms. The second-order valence-corrected chi connectivity index (χ2v) is 5.45. The summed E-state index contributed by atoms with van der Waals surface area (Å²) in [4.78, 5) is 16.3. The van der Waals surface area contributed by atoms with E-state index in [0.717, 1.165) is 11.3 Å². The van der Waals surface area contributed by atoms with Crippen LogP contribution < -0.4 is 11.1 Å². The Balaban J connectivity index is 2.24. The molecular weight excluding hydrogens is 264 g/mol. The highest BCUT2D eigenvalue weighted by molar-refractivity contribution is 5.80.